The molecule has 2 N–H and O–H groups in total. The minimum atomic E-state index is -0.334. The summed E-state index contributed by atoms with van der Waals surface area (Å²) in [6, 6.07) is 4.51. The van der Waals surface area contributed by atoms with Crippen molar-refractivity contribution in [3.8, 4) is 5.75 Å². The van der Waals surface area contributed by atoms with Crippen molar-refractivity contribution in [2.75, 3.05) is 0 Å². The van der Waals surface area contributed by atoms with Crippen molar-refractivity contribution in [3.63, 3.8) is 0 Å². The maximum atomic E-state index is 13.2. The zero-order chi connectivity index (χ0) is 12.5. The number of nitrogens with two attached hydrogens (primary N) is 1. The zero-order valence-corrected chi connectivity index (χ0v) is 10.5. The van der Waals surface area contributed by atoms with Crippen molar-refractivity contribution in [2.24, 2.45) is 5.73 Å². The molecule has 0 aliphatic carbocycles. The van der Waals surface area contributed by atoms with Crippen molar-refractivity contribution in [2.45, 2.75) is 51.2 Å². The molecule has 94 valence electrons. The summed E-state index contributed by atoms with van der Waals surface area (Å²) < 4.78 is 19.2. The third kappa shape index (κ3) is 2.04. The van der Waals surface area contributed by atoms with Crippen molar-refractivity contribution < 1.29 is 9.13 Å². The molecule has 0 fully saturated rings. The molecule has 0 radical (unpaired) electrons. The highest BCUT2D eigenvalue weighted by Crippen LogP contribution is 2.46. The summed E-state index contributed by atoms with van der Waals surface area (Å²) in [7, 11) is 0. The Balaban J connectivity index is 2.35. The van der Waals surface area contributed by atoms with Crippen molar-refractivity contribution >= 4 is 0 Å². The van der Waals surface area contributed by atoms with Gasteiger partial charge in [0.25, 0.3) is 0 Å². The molecule has 2 nitrogen and oxygen atoms in total. The fraction of sp³-hybridized carbons (Fsp3) is 0.571. The van der Waals surface area contributed by atoms with Gasteiger partial charge in [0.05, 0.1) is 6.04 Å². The molecule has 0 aromatic heterocycles. The van der Waals surface area contributed by atoms with Gasteiger partial charge >= 0.3 is 0 Å². The van der Waals surface area contributed by atoms with Crippen LogP contribution in [0.15, 0.2) is 18.2 Å². The SMILES string of the molecule is CCCC1(CCC)Oc2cc(F)ccc2C1N. The second kappa shape index (κ2) is 4.65. The quantitative estimate of drug-likeness (QED) is 0.869. The second-order valence-electron chi connectivity index (χ2n) is 4.83. The number of halogens is 1. The summed E-state index contributed by atoms with van der Waals surface area (Å²) in [5.41, 5.74) is 6.90. The Morgan fingerprint density at radius 3 is 2.53 bits per heavy atom. The monoisotopic (exact) mass is 237 g/mol. The first kappa shape index (κ1) is 12.4. The Morgan fingerprint density at radius 1 is 1.29 bits per heavy atom. The van der Waals surface area contributed by atoms with E-state index in [0.717, 1.165) is 31.2 Å². The summed E-state index contributed by atoms with van der Waals surface area (Å²) in [5.74, 6) is 0.360. The molecular weight excluding hydrogens is 217 g/mol. The van der Waals surface area contributed by atoms with Crippen LogP contribution in [0.5, 0.6) is 5.75 Å². The number of rotatable bonds is 4. The highest BCUT2D eigenvalue weighted by molar-refractivity contribution is 5.42. The second-order valence-corrected chi connectivity index (χ2v) is 4.83. The van der Waals surface area contributed by atoms with Crippen LogP contribution in [0, 0.1) is 5.82 Å². The average molecular weight is 237 g/mol. The van der Waals surface area contributed by atoms with E-state index in [9.17, 15) is 4.39 Å². The molecule has 1 aliphatic heterocycles. The number of benzene rings is 1. The molecule has 17 heavy (non-hydrogen) atoms. The van der Waals surface area contributed by atoms with E-state index < -0.39 is 0 Å². The minimum absolute atomic E-state index is 0.141. The zero-order valence-electron chi connectivity index (χ0n) is 10.5. The molecule has 1 atom stereocenters. The maximum Gasteiger partial charge on any atom is 0.128 e. The third-order valence-corrected chi connectivity index (χ3v) is 3.54. The minimum Gasteiger partial charge on any atom is -0.485 e. The smallest absolute Gasteiger partial charge is 0.128 e. The van der Waals surface area contributed by atoms with Gasteiger partial charge < -0.3 is 10.5 Å². The van der Waals surface area contributed by atoms with E-state index in [1.165, 1.54) is 12.1 Å². The van der Waals surface area contributed by atoms with E-state index in [2.05, 4.69) is 13.8 Å². The summed E-state index contributed by atoms with van der Waals surface area (Å²) in [6.45, 7) is 4.24. The van der Waals surface area contributed by atoms with Crippen LogP contribution in [0.25, 0.3) is 0 Å². The highest BCUT2D eigenvalue weighted by Gasteiger charge is 2.45. The summed E-state index contributed by atoms with van der Waals surface area (Å²) in [6.07, 6.45) is 3.87. The van der Waals surface area contributed by atoms with Gasteiger partial charge in [-0.1, -0.05) is 32.8 Å². The predicted octanol–water partition coefficient (Wildman–Crippen LogP) is 3.56. The van der Waals surface area contributed by atoms with Gasteiger partial charge in [-0.15, -0.1) is 0 Å². The maximum absolute atomic E-state index is 13.2. The fourth-order valence-corrected chi connectivity index (χ4v) is 2.80. The molecule has 1 aromatic rings. The van der Waals surface area contributed by atoms with Gasteiger partial charge in [-0.3, -0.25) is 0 Å². The number of fused-ring (bicyclic) bond motifs is 1. The molecular formula is C14H20FNO. The van der Waals surface area contributed by atoms with Crippen molar-refractivity contribution in [1.29, 1.82) is 0 Å². The van der Waals surface area contributed by atoms with Gasteiger partial charge in [0.2, 0.25) is 0 Å². The van der Waals surface area contributed by atoms with Crippen LogP contribution in [0.1, 0.15) is 51.1 Å². The normalized spacial score (nSPS) is 21.1. The Bertz CT molecular complexity index is 399. The van der Waals surface area contributed by atoms with E-state index in [-0.39, 0.29) is 17.5 Å². The Kier molecular flexibility index (Phi) is 3.38. The number of hydrogen-bond acceptors (Lipinski definition) is 2. The molecule has 0 amide bonds. The molecule has 0 saturated heterocycles. The van der Waals surface area contributed by atoms with Gasteiger partial charge in [-0.05, 0) is 18.9 Å². The van der Waals surface area contributed by atoms with Crippen LogP contribution in [-0.4, -0.2) is 5.60 Å². The van der Waals surface area contributed by atoms with Crippen LogP contribution in [-0.2, 0) is 0 Å². The first-order valence-corrected chi connectivity index (χ1v) is 6.37. The van der Waals surface area contributed by atoms with E-state index in [1.54, 1.807) is 6.07 Å². The van der Waals surface area contributed by atoms with E-state index in [4.69, 9.17) is 10.5 Å². The number of hydrogen-bond donors (Lipinski definition) is 1. The lowest BCUT2D eigenvalue weighted by Gasteiger charge is -2.32. The standard InChI is InChI=1S/C14H20FNO/c1-3-7-14(8-4-2)13(16)11-6-5-10(15)9-12(11)17-14/h5-6,9,13H,3-4,7-8,16H2,1-2H3. The van der Waals surface area contributed by atoms with Crippen LogP contribution in [0.2, 0.25) is 0 Å². The lowest BCUT2D eigenvalue weighted by atomic mass is 9.84. The molecule has 1 heterocycles. The van der Waals surface area contributed by atoms with Crippen LogP contribution < -0.4 is 10.5 Å². The van der Waals surface area contributed by atoms with Gasteiger partial charge in [-0.2, -0.15) is 0 Å². The largest absolute Gasteiger partial charge is 0.485 e. The molecule has 1 unspecified atom stereocenters. The van der Waals surface area contributed by atoms with E-state index in [1.807, 2.05) is 0 Å². The predicted molar refractivity (Wildman–Crippen MR) is 66.5 cm³/mol. The van der Waals surface area contributed by atoms with Crippen molar-refractivity contribution in [3.05, 3.63) is 29.6 Å². The molecule has 1 aromatic carbocycles. The van der Waals surface area contributed by atoms with E-state index >= 15 is 0 Å². The van der Waals surface area contributed by atoms with Crippen LogP contribution in [0.3, 0.4) is 0 Å². The Morgan fingerprint density at radius 2 is 1.94 bits per heavy atom. The van der Waals surface area contributed by atoms with Crippen LogP contribution >= 0.6 is 0 Å². The lowest BCUT2D eigenvalue weighted by molar-refractivity contribution is 0.0487. The third-order valence-electron chi connectivity index (χ3n) is 3.54. The molecule has 3 heteroatoms. The molecule has 2 rings (SSSR count). The summed E-state index contributed by atoms with van der Waals surface area (Å²) in [4.78, 5) is 0. The van der Waals surface area contributed by atoms with E-state index in [0.29, 0.717) is 5.75 Å². The Labute approximate surface area is 102 Å². The van der Waals surface area contributed by atoms with Crippen LogP contribution in [0.4, 0.5) is 4.39 Å². The lowest BCUT2D eigenvalue weighted by Crippen LogP contribution is -2.41. The highest BCUT2D eigenvalue weighted by atomic mass is 19.1. The Hall–Kier alpha value is -1.09. The topological polar surface area (TPSA) is 35.2 Å². The number of ether oxygens (including phenoxy) is 1. The fourth-order valence-electron chi connectivity index (χ4n) is 2.80. The van der Waals surface area contributed by atoms with Crippen molar-refractivity contribution in [1.82, 2.24) is 0 Å². The molecule has 0 bridgehead atoms. The molecule has 1 aliphatic rings. The first-order chi connectivity index (χ1) is 8.13. The molecule has 0 saturated carbocycles. The van der Waals surface area contributed by atoms with Gasteiger partial charge in [0.1, 0.15) is 17.2 Å². The van der Waals surface area contributed by atoms with Gasteiger partial charge in [0.15, 0.2) is 0 Å². The summed E-state index contributed by atoms with van der Waals surface area (Å²) >= 11 is 0. The molecule has 0 spiro atoms. The van der Waals surface area contributed by atoms with Gasteiger partial charge in [0, 0.05) is 11.6 Å². The average Bonchev–Trinajstić information content (AvgIpc) is 2.53. The van der Waals surface area contributed by atoms with Gasteiger partial charge in [-0.25, -0.2) is 4.39 Å². The first-order valence-electron chi connectivity index (χ1n) is 6.37. The summed E-state index contributed by atoms with van der Waals surface area (Å²) in [5, 5.41) is 0.